The number of ether oxygens (including phenoxy) is 1. The fourth-order valence-electron chi connectivity index (χ4n) is 3.85. The third-order valence-corrected chi connectivity index (χ3v) is 7.42. The highest BCUT2D eigenvalue weighted by molar-refractivity contribution is 7.89. The second-order valence-electron chi connectivity index (χ2n) is 7.48. The van der Waals surface area contributed by atoms with Crippen molar-refractivity contribution < 1.29 is 17.9 Å². The molecule has 2 aliphatic rings. The van der Waals surface area contributed by atoms with Crippen LogP contribution in [0, 0.1) is 11.8 Å². The molecule has 0 spiro atoms. The van der Waals surface area contributed by atoms with Crippen molar-refractivity contribution in [3.8, 4) is 0 Å². The maximum absolute atomic E-state index is 12.4. The molecule has 0 bridgehead atoms. The highest BCUT2D eigenvalue weighted by Crippen LogP contribution is 2.26. The van der Waals surface area contributed by atoms with Crippen LogP contribution in [-0.4, -0.2) is 56.7 Å². The Morgan fingerprint density at radius 2 is 1.96 bits per heavy atom. The molecule has 1 saturated heterocycles. The van der Waals surface area contributed by atoms with Crippen LogP contribution in [0.5, 0.6) is 0 Å². The average Bonchev–Trinajstić information content (AvgIpc) is 2.60. The molecule has 146 valence electrons. The van der Waals surface area contributed by atoms with Crippen LogP contribution in [0.2, 0.25) is 0 Å². The maximum Gasteiger partial charge on any atom is 0.224 e. The first-order valence-electron chi connectivity index (χ1n) is 9.81. The summed E-state index contributed by atoms with van der Waals surface area (Å²) < 4.78 is 31.8. The summed E-state index contributed by atoms with van der Waals surface area (Å²) in [6, 6.07) is 0. The van der Waals surface area contributed by atoms with E-state index in [1.165, 1.54) is 23.6 Å². The van der Waals surface area contributed by atoms with Gasteiger partial charge in [-0.15, -0.1) is 0 Å². The van der Waals surface area contributed by atoms with Crippen LogP contribution >= 0.6 is 0 Å². The van der Waals surface area contributed by atoms with Crippen LogP contribution in [0.15, 0.2) is 0 Å². The molecule has 3 unspecified atom stereocenters. The van der Waals surface area contributed by atoms with Crippen molar-refractivity contribution in [1.29, 1.82) is 0 Å². The third-order valence-electron chi connectivity index (χ3n) is 5.38. The standard InChI is InChI=1S/C18H34N2O4S/c1-3-13-25(22,23)20-11-6-8-16(14-20)18(21)19-10-12-24-17-9-5-4-7-15(17)2/h15-17H,3-14H2,1-2H3,(H,19,21). The molecule has 1 aliphatic heterocycles. The molecular weight excluding hydrogens is 340 g/mol. The van der Waals surface area contributed by atoms with Gasteiger partial charge in [-0.3, -0.25) is 4.79 Å². The second kappa shape index (κ2) is 9.88. The van der Waals surface area contributed by atoms with Gasteiger partial charge in [-0.1, -0.05) is 26.7 Å². The molecule has 1 aliphatic carbocycles. The lowest BCUT2D eigenvalue weighted by Crippen LogP contribution is -2.46. The number of carbonyl (C=O) groups excluding carboxylic acids is 1. The highest BCUT2D eigenvalue weighted by Gasteiger charge is 2.31. The van der Waals surface area contributed by atoms with E-state index < -0.39 is 10.0 Å². The number of rotatable bonds is 8. The number of amides is 1. The monoisotopic (exact) mass is 374 g/mol. The number of piperidine rings is 1. The van der Waals surface area contributed by atoms with E-state index in [4.69, 9.17) is 4.74 Å². The highest BCUT2D eigenvalue weighted by atomic mass is 32.2. The smallest absolute Gasteiger partial charge is 0.224 e. The Morgan fingerprint density at radius 3 is 2.68 bits per heavy atom. The first kappa shape index (κ1) is 20.6. The van der Waals surface area contributed by atoms with E-state index in [1.54, 1.807) is 0 Å². The molecule has 1 heterocycles. The van der Waals surface area contributed by atoms with E-state index in [9.17, 15) is 13.2 Å². The van der Waals surface area contributed by atoms with Gasteiger partial charge in [0.2, 0.25) is 15.9 Å². The van der Waals surface area contributed by atoms with Crippen molar-refractivity contribution in [2.45, 2.75) is 64.9 Å². The van der Waals surface area contributed by atoms with Crippen LogP contribution in [0.4, 0.5) is 0 Å². The molecule has 0 aromatic heterocycles. The summed E-state index contributed by atoms with van der Waals surface area (Å²) >= 11 is 0. The Labute approximate surface area is 152 Å². The molecule has 3 atom stereocenters. The van der Waals surface area contributed by atoms with Crippen LogP contribution in [0.25, 0.3) is 0 Å². The minimum atomic E-state index is -3.22. The predicted molar refractivity (Wildman–Crippen MR) is 98.8 cm³/mol. The molecule has 1 amide bonds. The number of carbonyl (C=O) groups is 1. The zero-order valence-corrected chi connectivity index (χ0v) is 16.5. The molecule has 0 radical (unpaired) electrons. The van der Waals surface area contributed by atoms with E-state index in [0.717, 1.165) is 19.3 Å². The lowest BCUT2D eigenvalue weighted by molar-refractivity contribution is -0.126. The number of nitrogens with zero attached hydrogens (tertiary/aromatic N) is 1. The van der Waals surface area contributed by atoms with Crippen LogP contribution in [0.3, 0.4) is 0 Å². The first-order chi connectivity index (χ1) is 11.9. The van der Waals surface area contributed by atoms with Gasteiger partial charge < -0.3 is 10.1 Å². The van der Waals surface area contributed by atoms with Gasteiger partial charge in [-0.05, 0) is 38.0 Å². The van der Waals surface area contributed by atoms with Gasteiger partial charge in [0.1, 0.15) is 0 Å². The molecule has 2 rings (SSSR count). The minimum Gasteiger partial charge on any atom is -0.376 e. The molecule has 2 fully saturated rings. The van der Waals surface area contributed by atoms with Gasteiger partial charge >= 0.3 is 0 Å². The molecule has 25 heavy (non-hydrogen) atoms. The Bertz CT molecular complexity index is 523. The number of sulfonamides is 1. The molecule has 1 N–H and O–H groups in total. The number of hydrogen-bond donors (Lipinski definition) is 1. The Hall–Kier alpha value is -0.660. The third kappa shape index (κ3) is 6.22. The van der Waals surface area contributed by atoms with Gasteiger partial charge in [-0.2, -0.15) is 0 Å². The van der Waals surface area contributed by atoms with Crippen molar-refractivity contribution in [2.75, 3.05) is 32.0 Å². The maximum atomic E-state index is 12.4. The van der Waals surface area contributed by atoms with Crippen molar-refractivity contribution in [3.63, 3.8) is 0 Å². The van der Waals surface area contributed by atoms with Gasteiger partial charge in [0.25, 0.3) is 0 Å². The van der Waals surface area contributed by atoms with Crippen LogP contribution in [0.1, 0.15) is 58.8 Å². The van der Waals surface area contributed by atoms with Crippen LogP contribution < -0.4 is 5.32 Å². The van der Waals surface area contributed by atoms with E-state index in [-0.39, 0.29) is 17.6 Å². The molecule has 7 heteroatoms. The molecule has 6 nitrogen and oxygen atoms in total. The lowest BCUT2D eigenvalue weighted by Gasteiger charge is -2.31. The van der Waals surface area contributed by atoms with Crippen molar-refractivity contribution >= 4 is 15.9 Å². The molecule has 1 saturated carbocycles. The molecule has 0 aromatic carbocycles. The molecular formula is C18H34N2O4S. The van der Waals surface area contributed by atoms with Gasteiger partial charge in [0.15, 0.2) is 0 Å². The summed E-state index contributed by atoms with van der Waals surface area (Å²) in [5.41, 5.74) is 0. The van der Waals surface area contributed by atoms with E-state index in [2.05, 4.69) is 12.2 Å². The van der Waals surface area contributed by atoms with E-state index >= 15 is 0 Å². The van der Waals surface area contributed by atoms with Gasteiger partial charge in [0, 0.05) is 19.6 Å². The Kier molecular flexibility index (Phi) is 8.16. The summed E-state index contributed by atoms with van der Waals surface area (Å²) in [5.74, 6) is 0.472. The summed E-state index contributed by atoms with van der Waals surface area (Å²) in [6.45, 7) is 5.98. The predicted octanol–water partition coefficient (Wildman–Crippen LogP) is 2.15. The van der Waals surface area contributed by atoms with Gasteiger partial charge in [0.05, 0.1) is 24.4 Å². The largest absolute Gasteiger partial charge is 0.376 e. The Morgan fingerprint density at radius 1 is 1.20 bits per heavy atom. The SMILES string of the molecule is CCCS(=O)(=O)N1CCCC(C(=O)NCCOC2CCCCC2C)C1. The minimum absolute atomic E-state index is 0.0447. The summed E-state index contributed by atoms with van der Waals surface area (Å²) in [4.78, 5) is 12.4. The van der Waals surface area contributed by atoms with Crippen molar-refractivity contribution in [2.24, 2.45) is 11.8 Å². The number of nitrogens with one attached hydrogen (secondary N) is 1. The average molecular weight is 375 g/mol. The van der Waals surface area contributed by atoms with Crippen molar-refractivity contribution in [1.82, 2.24) is 9.62 Å². The van der Waals surface area contributed by atoms with E-state index in [1.807, 2.05) is 6.92 Å². The second-order valence-corrected chi connectivity index (χ2v) is 9.56. The van der Waals surface area contributed by atoms with E-state index in [0.29, 0.717) is 44.7 Å². The lowest BCUT2D eigenvalue weighted by atomic mass is 9.88. The zero-order valence-electron chi connectivity index (χ0n) is 15.7. The summed E-state index contributed by atoms with van der Waals surface area (Å²) in [6.07, 6.45) is 7.27. The number of hydrogen-bond acceptors (Lipinski definition) is 4. The summed E-state index contributed by atoms with van der Waals surface area (Å²) in [5, 5.41) is 2.93. The quantitative estimate of drug-likeness (QED) is 0.661. The summed E-state index contributed by atoms with van der Waals surface area (Å²) in [7, 11) is -3.22. The molecule has 0 aromatic rings. The topological polar surface area (TPSA) is 75.7 Å². The Balaban J connectivity index is 1.71. The van der Waals surface area contributed by atoms with Gasteiger partial charge in [-0.25, -0.2) is 12.7 Å². The zero-order chi connectivity index (χ0) is 18.3. The first-order valence-corrected chi connectivity index (χ1v) is 11.4. The fourth-order valence-corrected chi connectivity index (χ4v) is 5.44. The fraction of sp³-hybridized carbons (Fsp3) is 0.944. The van der Waals surface area contributed by atoms with Crippen molar-refractivity contribution in [3.05, 3.63) is 0 Å². The normalized spacial score (nSPS) is 28.6. The van der Waals surface area contributed by atoms with Crippen LogP contribution in [-0.2, 0) is 19.6 Å².